The van der Waals surface area contributed by atoms with Crippen molar-refractivity contribution in [1.82, 2.24) is 20.0 Å². The van der Waals surface area contributed by atoms with Crippen LogP contribution in [0.2, 0.25) is 0 Å². The molecule has 2 aromatic heterocycles. The summed E-state index contributed by atoms with van der Waals surface area (Å²) in [7, 11) is 5.19. The van der Waals surface area contributed by atoms with Gasteiger partial charge in [-0.05, 0) is 34.9 Å². The molecule has 0 saturated carbocycles. The van der Waals surface area contributed by atoms with Gasteiger partial charge in [0.1, 0.15) is 0 Å². The second kappa shape index (κ2) is 5.98. The lowest BCUT2D eigenvalue weighted by Gasteiger charge is -2.15. The number of aromatic amines is 1. The van der Waals surface area contributed by atoms with Crippen LogP contribution in [0.4, 0.5) is 0 Å². The van der Waals surface area contributed by atoms with Gasteiger partial charge in [0.15, 0.2) is 11.5 Å². The molecule has 0 spiro atoms. The lowest BCUT2D eigenvalue weighted by Crippen LogP contribution is -1.94. The fourth-order valence-electron chi connectivity index (χ4n) is 3.10. The molecule has 2 aromatic carbocycles. The molecule has 0 unspecified atom stereocenters. The lowest BCUT2D eigenvalue weighted by molar-refractivity contribution is 0.355. The molecule has 4 rings (SSSR count). The molecule has 6 heteroatoms. The number of aromatic nitrogens is 4. The number of fused-ring (bicyclic) bond motifs is 1. The van der Waals surface area contributed by atoms with Gasteiger partial charge in [-0.1, -0.05) is 12.1 Å². The van der Waals surface area contributed by atoms with Gasteiger partial charge in [0.2, 0.25) is 0 Å². The summed E-state index contributed by atoms with van der Waals surface area (Å²) in [5.41, 5.74) is 5.14. The minimum Gasteiger partial charge on any atom is -0.493 e. The molecule has 25 heavy (non-hydrogen) atoms. The van der Waals surface area contributed by atoms with E-state index in [9.17, 15) is 0 Å². The Morgan fingerprint density at radius 2 is 1.72 bits per heavy atom. The molecule has 0 fully saturated rings. The summed E-state index contributed by atoms with van der Waals surface area (Å²) in [6.45, 7) is 0. The maximum absolute atomic E-state index is 5.52. The van der Waals surface area contributed by atoms with Crippen LogP contribution in [0.3, 0.4) is 0 Å². The second-order valence-electron chi connectivity index (χ2n) is 5.79. The van der Waals surface area contributed by atoms with Crippen molar-refractivity contribution in [2.45, 2.75) is 0 Å². The predicted molar refractivity (Wildman–Crippen MR) is 96.8 cm³/mol. The monoisotopic (exact) mass is 334 g/mol. The number of rotatable bonds is 4. The van der Waals surface area contributed by atoms with Gasteiger partial charge in [0.25, 0.3) is 0 Å². The Balaban J connectivity index is 2.04. The van der Waals surface area contributed by atoms with Gasteiger partial charge >= 0.3 is 0 Å². The average Bonchev–Trinajstić information content (AvgIpc) is 3.29. The van der Waals surface area contributed by atoms with Gasteiger partial charge in [-0.3, -0.25) is 9.78 Å². The van der Waals surface area contributed by atoms with Gasteiger partial charge in [-0.25, -0.2) is 0 Å². The van der Waals surface area contributed by atoms with Crippen molar-refractivity contribution in [2.75, 3.05) is 14.2 Å². The van der Waals surface area contributed by atoms with E-state index in [0.29, 0.717) is 11.5 Å². The van der Waals surface area contributed by atoms with Gasteiger partial charge < -0.3 is 9.47 Å². The third-order valence-electron chi connectivity index (χ3n) is 4.31. The molecule has 0 aliphatic heterocycles. The van der Waals surface area contributed by atoms with E-state index in [1.807, 2.05) is 49.9 Å². The molecular weight excluding hydrogens is 316 g/mol. The maximum Gasteiger partial charge on any atom is 0.161 e. The molecule has 2 heterocycles. The van der Waals surface area contributed by atoms with E-state index in [1.165, 1.54) is 0 Å². The molecule has 0 aliphatic carbocycles. The van der Waals surface area contributed by atoms with Crippen LogP contribution in [0.25, 0.3) is 33.2 Å². The number of H-pyrrole nitrogens is 1. The third-order valence-corrected chi connectivity index (χ3v) is 4.31. The van der Waals surface area contributed by atoms with Crippen LogP contribution >= 0.6 is 0 Å². The molecule has 0 bridgehead atoms. The number of nitrogens with zero attached hydrogens (tertiary/aromatic N) is 3. The van der Waals surface area contributed by atoms with Gasteiger partial charge in [0.05, 0.1) is 32.1 Å². The van der Waals surface area contributed by atoms with Gasteiger partial charge in [-0.15, -0.1) is 0 Å². The zero-order valence-corrected chi connectivity index (χ0v) is 14.3. The van der Waals surface area contributed by atoms with E-state index >= 15 is 0 Å². The highest BCUT2D eigenvalue weighted by molar-refractivity contribution is 5.99. The van der Waals surface area contributed by atoms with Gasteiger partial charge in [-0.2, -0.15) is 10.2 Å². The number of nitrogens with one attached hydrogen (secondary N) is 1. The normalized spacial score (nSPS) is 11.0. The van der Waals surface area contributed by atoms with Crippen molar-refractivity contribution in [1.29, 1.82) is 0 Å². The summed E-state index contributed by atoms with van der Waals surface area (Å²) in [6, 6.07) is 10.1. The first kappa shape index (κ1) is 15.3. The highest BCUT2D eigenvalue weighted by Gasteiger charge is 2.17. The molecule has 0 aliphatic rings. The van der Waals surface area contributed by atoms with Crippen molar-refractivity contribution in [3.8, 4) is 33.8 Å². The number of hydrogen-bond donors (Lipinski definition) is 1. The summed E-state index contributed by atoms with van der Waals surface area (Å²) in [4.78, 5) is 0. The number of benzene rings is 2. The Labute approximate surface area is 145 Å². The van der Waals surface area contributed by atoms with Crippen LogP contribution < -0.4 is 9.47 Å². The molecular formula is C19H18N4O2. The third kappa shape index (κ3) is 2.52. The molecule has 0 atom stereocenters. The molecule has 6 nitrogen and oxygen atoms in total. The topological polar surface area (TPSA) is 65.0 Å². The number of methoxy groups -OCH3 is 2. The molecule has 0 amide bonds. The van der Waals surface area contributed by atoms with Gasteiger partial charge in [0, 0.05) is 24.2 Å². The maximum atomic E-state index is 5.52. The Hall–Kier alpha value is -3.28. The summed E-state index contributed by atoms with van der Waals surface area (Å²) < 4.78 is 12.8. The number of aryl methyl sites for hydroxylation is 1. The van der Waals surface area contributed by atoms with E-state index in [2.05, 4.69) is 21.4 Å². The Morgan fingerprint density at radius 3 is 2.40 bits per heavy atom. The zero-order chi connectivity index (χ0) is 17.4. The van der Waals surface area contributed by atoms with Crippen molar-refractivity contribution < 1.29 is 9.47 Å². The average molecular weight is 334 g/mol. The summed E-state index contributed by atoms with van der Waals surface area (Å²) in [5.74, 6) is 1.37. The minimum atomic E-state index is 0.685. The van der Waals surface area contributed by atoms with Crippen molar-refractivity contribution in [3.05, 3.63) is 48.9 Å². The smallest absolute Gasteiger partial charge is 0.161 e. The summed E-state index contributed by atoms with van der Waals surface area (Å²) >= 11 is 0. The molecule has 4 aromatic rings. The zero-order valence-electron chi connectivity index (χ0n) is 14.3. The van der Waals surface area contributed by atoms with Crippen LogP contribution in [0.15, 0.2) is 48.9 Å². The molecule has 126 valence electrons. The molecule has 0 saturated heterocycles. The standard InChI is InChI=1S/C19H18N4O2/c1-23-11-12(9-21-23)14-7-18(24-2)19(25-3)8-15(14)13-5-4-6-17-16(13)10-20-22-17/h4-11H,1-3H3,(H,20,22). The van der Waals surface area contributed by atoms with E-state index in [4.69, 9.17) is 9.47 Å². The van der Waals surface area contributed by atoms with E-state index in [-0.39, 0.29) is 0 Å². The van der Waals surface area contributed by atoms with Crippen molar-refractivity contribution >= 4 is 10.9 Å². The van der Waals surface area contributed by atoms with Crippen molar-refractivity contribution in [2.24, 2.45) is 7.05 Å². The van der Waals surface area contributed by atoms with Crippen molar-refractivity contribution in [3.63, 3.8) is 0 Å². The van der Waals surface area contributed by atoms with Crippen LogP contribution in [-0.2, 0) is 7.05 Å². The Bertz CT molecular complexity index is 1050. The van der Waals surface area contributed by atoms with E-state index in [1.54, 1.807) is 18.9 Å². The first-order valence-corrected chi connectivity index (χ1v) is 7.88. The SMILES string of the molecule is COc1cc(-c2cnn(C)c2)c(-c2cccc3[nH]ncc23)cc1OC. The summed E-state index contributed by atoms with van der Waals surface area (Å²) in [6.07, 6.45) is 5.68. The summed E-state index contributed by atoms with van der Waals surface area (Å²) in [5, 5.41) is 12.6. The number of hydrogen-bond acceptors (Lipinski definition) is 4. The first-order valence-electron chi connectivity index (χ1n) is 7.88. The van der Waals surface area contributed by atoms with Crippen LogP contribution in [-0.4, -0.2) is 34.2 Å². The van der Waals surface area contributed by atoms with E-state index < -0.39 is 0 Å². The second-order valence-corrected chi connectivity index (χ2v) is 5.79. The van der Waals surface area contributed by atoms with E-state index in [0.717, 1.165) is 33.2 Å². The molecule has 0 radical (unpaired) electrons. The quantitative estimate of drug-likeness (QED) is 0.619. The van der Waals surface area contributed by atoms with Crippen LogP contribution in [0.5, 0.6) is 11.5 Å². The lowest BCUT2D eigenvalue weighted by atomic mass is 9.93. The Kier molecular flexibility index (Phi) is 3.65. The highest BCUT2D eigenvalue weighted by atomic mass is 16.5. The highest BCUT2D eigenvalue weighted by Crippen LogP contribution is 2.42. The predicted octanol–water partition coefficient (Wildman–Crippen LogP) is 3.65. The Morgan fingerprint density at radius 1 is 0.960 bits per heavy atom. The first-order chi connectivity index (χ1) is 12.2. The largest absolute Gasteiger partial charge is 0.493 e. The van der Waals surface area contributed by atoms with Crippen LogP contribution in [0.1, 0.15) is 0 Å². The fraction of sp³-hybridized carbons (Fsp3) is 0.158. The van der Waals surface area contributed by atoms with Crippen LogP contribution in [0, 0.1) is 0 Å². The fourth-order valence-corrected chi connectivity index (χ4v) is 3.10. The molecule has 1 N–H and O–H groups in total. The number of ether oxygens (including phenoxy) is 2. The minimum absolute atomic E-state index is 0.685.